The number of nitrogens with two attached hydrogens (primary N) is 1. The Morgan fingerprint density at radius 3 is 2.53 bits per heavy atom. The van der Waals surface area contributed by atoms with Gasteiger partial charge in [0.15, 0.2) is 0 Å². The number of alkyl halides is 3. The molecule has 0 aliphatic rings. The molecule has 1 aromatic carbocycles. The van der Waals surface area contributed by atoms with Gasteiger partial charge in [0, 0.05) is 5.69 Å². The van der Waals surface area contributed by atoms with Crippen LogP contribution in [0.15, 0.2) is 18.2 Å². The van der Waals surface area contributed by atoms with Crippen LogP contribution in [0.5, 0.6) is 5.75 Å². The minimum atomic E-state index is -4.32. The highest BCUT2D eigenvalue weighted by atomic mass is 35.5. The minimum absolute atomic E-state index is 0.0142. The maximum Gasteiger partial charge on any atom is 0.411 e. The van der Waals surface area contributed by atoms with Crippen LogP contribution in [0.25, 0.3) is 0 Å². The van der Waals surface area contributed by atoms with E-state index in [9.17, 15) is 13.2 Å². The van der Waals surface area contributed by atoms with Crippen molar-refractivity contribution in [2.75, 3.05) is 25.6 Å². The third kappa shape index (κ3) is 5.65. The fourth-order valence-corrected chi connectivity index (χ4v) is 1.28. The van der Waals surface area contributed by atoms with Crippen molar-refractivity contribution in [3.05, 3.63) is 23.2 Å². The molecule has 0 radical (unpaired) electrons. The van der Waals surface area contributed by atoms with Gasteiger partial charge in [-0.25, -0.2) is 0 Å². The van der Waals surface area contributed by atoms with E-state index in [-0.39, 0.29) is 13.2 Å². The van der Waals surface area contributed by atoms with Crippen LogP contribution in [0.3, 0.4) is 0 Å². The van der Waals surface area contributed by atoms with Crippen molar-refractivity contribution in [3.8, 4) is 5.75 Å². The molecule has 0 atom stereocenters. The summed E-state index contributed by atoms with van der Waals surface area (Å²) >= 11 is 5.79. The first-order valence-electron chi connectivity index (χ1n) is 4.71. The molecule has 0 saturated carbocycles. The highest BCUT2D eigenvalue weighted by molar-refractivity contribution is 6.32. The Hall–Kier alpha value is -1.14. The molecule has 1 aromatic rings. The number of benzene rings is 1. The van der Waals surface area contributed by atoms with Crippen molar-refractivity contribution in [1.82, 2.24) is 0 Å². The molecule has 0 spiro atoms. The van der Waals surface area contributed by atoms with E-state index in [1.807, 2.05) is 0 Å². The van der Waals surface area contributed by atoms with E-state index in [2.05, 4.69) is 4.74 Å². The Morgan fingerprint density at radius 2 is 1.94 bits per heavy atom. The smallest absolute Gasteiger partial charge is 0.411 e. The van der Waals surface area contributed by atoms with Gasteiger partial charge >= 0.3 is 6.18 Å². The molecule has 17 heavy (non-hydrogen) atoms. The third-order valence-electron chi connectivity index (χ3n) is 1.71. The van der Waals surface area contributed by atoms with Crippen LogP contribution in [0, 0.1) is 0 Å². The summed E-state index contributed by atoms with van der Waals surface area (Å²) in [5.41, 5.74) is 5.94. The number of anilines is 1. The normalized spacial score (nSPS) is 11.5. The Labute approximate surface area is 101 Å². The first kappa shape index (κ1) is 13.9. The summed E-state index contributed by atoms with van der Waals surface area (Å²) in [5, 5.41) is 0.306. The van der Waals surface area contributed by atoms with Gasteiger partial charge in [0.05, 0.1) is 11.6 Å². The van der Waals surface area contributed by atoms with Gasteiger partial charge in [0.1, 0.15) is 19.0 Å². The topological polar surface area (TPSA) is 44.5 Å². The molecule has 2 N–H and O–H groups in total. The molecule has 0 heterocycles. The predicted octanol–water partition coefficient (Wildman–Crippen LogP) is 2.88. The minimum Gasteiger partial charge on any atom is -0.490 e. The first-order valence-corrected chi connectivity index (χ1v) is 5.08. The second-order valence-electron chi connectivity index (χ2n) is 3.21. The zero-order valence-corrected chi connectivity index (χ0v) is 9.52. The number of ether oxygens (including phenoxy) is 2. The van der Waals surface area contributed by atoms with Gasteiger partial charge in [0.2, 0.25) is 0 Å². The van der Waals surface area contributed by atoms with Crippen LogP contribution < -0.4 is 10.5 Å². The van der Waals surface area contributed by atoms with E-state index in [1.165, 1.54) is 6.07 Å². The van der Waals surface area contributed by atoms with Gasteiger partial charge in [-0.05, 0) is 18.2 Å². The van der Waals surface area contributed by atoms with E-state index in [0.717, 1.165) is 0 Å². The summed E-state index contributed by atoms with van der Waals surface area (Å²) < 4.78 is 44.6. The van der Waals surface area contributed by atoms with Crippen LogP contribution in [0.1, 0.15) is 0 Å². The van der Waals surface area contributed by atoms with Crippen LogP contribution in [0.2, 0.25) is 5.02 Å². The van der Waals surface area contributed by atoms with Crippen LogP contribution in [0.4, 0.5) is 18.9 Å². The molecule has 0 unspecified atom stereocenters. The molecule has 7 heteroatoms. The Morgan fingerprint density at radius 1 is 1.24 bits per heavy atom. The molecular weight excluding hydrogens is 259 g/mol. The van der Waals surface area contributed by atoms with E-state index >= 15 is 0 Å². The lowest BCUT2D eigenvalue weighted by Crippen LogP contribution is -2.19. The van der Waals surface area contributed by atoms with E-state index < -0.39 is 12.8 Å². The lowest BCUT2D eigenvalue weighted by Gasteiger charge is -2.10. The van der Waals surface area contributed by atoms with Gasteiger partial charge in [-0.1, -0.05) is 11.6 Å². The number of nitrogen functional groups attached to an aromatic ring is 1. The molecule has 0 aromatic heterocycles. The maximum atomic E-state index is 11.7. The molecule has 0 bridgehead atoms. The van der Waals surface area contributed by atoms with Gasteiger partial charge in [0.25, 0.3) is 0 Å². The second-order valence-corrected chi connectivity index (χ2v) is 3.61. The monoisotopic (exact) mass is 269 g/mol. The highest BCUT2D eigenvalue weighted by Crippen LogP contribution is 2.26. The van der Waals surface area contributed by atoms with E-state index in [0.29, 0.717) is 16.5 Å². The summed E-state index contributed by atoms with van der Waals surface area (Å²) in [4.78, 5) is 0. The summed E-state index contributed by atoms with van der Waals surface area (Å²) in [6.07, 6.45) is -4.32. The predicted molar refractivity (Wildman–Crippen MR) is 58.2 cm³/mol. The third-order valence-corrected chi connectivity index (χ3v) is 2.00. The zero-order valence-electron chi connectivity index (χ0n) is 8.76. The van der Waals surface area contributed by atoms with Gasteiger partial charge in [-0.3, -0.25) is 0 Å². The fourth-order valence-electron chi connectivity index (χ4n) is 1.03. The molecule has 0 aliphatic carbocycles. The van der Waals surface area contributed by atoms with Crippen LogP contribution in [-0.2, 0) is 4.74 Å². The summed E-state index contributed by atoms with van der Waals surface area (Å²) in [5.74, 6) is 0.358. The Balaban J connectivity index is 2.27. The largest absolute Gasteiger partial charge is 0.490 e. The number of rotatable bonds is 5. The highest BCUT2D eigenvalue weighted by Gasteiger charge is 2.27. The van der Waals surface area contributed by atoms with Crippen LogP contribution >= 0.6 is 11.6 Å². The van der Waals surface area contributed by atoms with Crippen molar-refractivity contribution in [3.63, 3.8) is 0 Å². The molecule has 0 saturated heterocycles. The average Bonchev–Trinajstić information content (AvgIpc) is 2.18. The quantitative estimate of drug-likeness (QED) is 0.660. The number of halogens is 4. The number of hydrogen-bond acceptors (Lipinski definition) is 3. The molecule has 0 aliphatic heterocycles. The van der Waals surface area contributed by atoms with Crippen molar-refractivity contribution in [1.29, 1.82) is 0 Å². The lowest BCUT2D eigenvalue weighted by atomic mass is 10.3. The molecular formula is C10H11ClF3NO2. The summed E-state index contributed by atoms with van der Waals surface area (Å²) in [6, 6.07) is 4.62. The average molecular weight is 270 g/mol. The molecule has 0 amide bonds. The van der Waals surface area contributed by atoms with Gasteiger partial charge < -0.3 is 15.2 Å². The van der Waals surface area contributed by atoms with Crippen LogP contribution in [-0.4, -0.2) is 26.0 Å². The van der Waals surface area contributed by atoms with E-state index in [1.54, 1.807) is 12.1 Å². The Bertz CT molecular complexity index is 371. The first-order chi connectivity index (χ1) is 7.88. The van der Waals surface area contributed by atoms with Crippen molar-refractivity contribution in [2.24, 2.45) is 0 Å². The zero-order chi connectivity index (χ0) is 12.9. The van der Waals surface area contributed by atoms with Crippen molar-refractivity contribution < 1.29 is 22.6 Å². The molecule has 96 valence electrons. The fraction of sp³-hybridized carbons (Fsp3) is 0.400. The molecule has 1 rings (SSSR count). The summed E-state index contributed by atoms with van der Waals surface area (Å²) in [7, 11) is 0. The molecule has 3 nitrogen and oxygen atoms in total. The maximum absolute atomic E-state index is 11.7. The molecule has 0 fully saturated rings. The number of hydrogen-bond donors (Lipinski definition) is 1. The summed E-state index contributed by atoms with van der Waals surface area (Å²) in [6.45, 7) is -1.47. The standard InChI is InChI=1S/C10H11ClF3NO2/c11-8-5-7(15)1-2-9(8)17-4-3-16-6-10(12,13)14/h1-2,5H,3-4,6,15H2. The van der Waals surface area contributed by atoms with Gasteiger partial charge in [-0.15, -0.1) is 0 Å². The Kier molecular flexibility index (Phi) is 4.89. The van der Waals surface area contributed by atoms with E-state index in [4.69, 9.17) is 22.1 Å². The van der Waals surface area contributed by atoms with Crippen molar-refractivity contribution in [2.45, 2.75) is 6.18 Å². The SMILES string of the molecule is Nc1ccc(OCCOCC(F)(F)F)c(Cl)c1. The van der Waals surface area contributed by atoms with Gasteiger partial charge in [-0.2, -0.15) is 13.2 Å². The second kappa shape index (κ2) is 5.97. The van der Waals surface area contributed by atoms with Crippen molar-refractivity contribution >= 4 is 17.3 Å². The lowest BCUT2D eigenvalue weighted by molar-refractivity contribution is -0.175.